The van der Waals surface area contributed by atoms with Crippen molar-refractivity contribution in [2.45, 2.75) is 53.2 Å². The SMILES string of the molecule is Cc1ccc(NC(=O)c2ccc(CN(Cc3ccc(F)cc3)C(C)(C)C)o2)cc1C. The number of nitrogens with one attached hydrogen (secondary N) is 1. The van der Waals surface area contributed by atoms with Gasteiger partial charge in [-0.2, -0.15) is 0 Å². The number of furan rings is 1. The molecule has 0 aliphatic heterocycles. The molecule has 0 atom stereocenters. The number of carbonyl (C=O) groups excluding carboxylic acids is 1. The summed E-state index contributed by atoms with van der Waals surface area (Å²) in [6.45, 7) is 11.6. The molecule has 1 amide bonds. The highest BCUT2D eigenvalue weighted by Gasteiger charge is 2.23. The van der Waals surface area contributed by atoms with Crippen LogP contribution in [-0.2, 0) is 13.1 Å². The Bertz CT molecular complexity index is 1020. The molecule has 1 N–H and O–H groups in total. The zero-order chi connectivity index (χ0) is 21.9. The lowest BCUT2D eigenvalue weighted by Gasteiger charge is -2.35. The van der Waals surface area contributed by atoms with Crippen LogP contribution in [0.3, 0.4) is 0 Å². The van der Waals surface area contributed by atoms with Crippen molar-refractivity contribution < 1.29 is 13.6 Å². The molecule has 1 aromatic heterocycles. The molecule has 0 aliphatic rings. The molecule has 2 aromatic carbocycles. The lowest BCUT2D eigenvalue weighted by molar-refractivity contribution is 0.0969. The van der Waals surface area contributed by atoms with Crippen molar-refractivity contribution in [3.05, 3.63) is 88.6 Å². The molecule has 0 saturated heterocycles. The van der Waals surface area contributed by atoms with Crippen LogP contribution < -0.4 is 5.32 Å². The number of benzene rings is 2. The number of carbonyl (C=O) groups is 1. The van der Waals surface area contributed by atoms with Crippen LogP contribution in [-0.4, -0.2) is 16.3 Å². The normalized spacial score (nSPS) is 11.7. The van der Waals surface area contributed by atoms with Crippen LogP contribution in [0.5, 0.6) is 0 Å². The van der Waals surface area contributed by atoms with Crippen LogP contribution in [0.15, 0.2) is 59.0 Å². The molecular formula is C25H29FN2O2. The standard InChI is InChI=1S/C25H29FN2O2/c1-17-6-11-21(14-18(17)2)27-24(29)23-13-12-22(30-23)16-28(25(3,4)5)15-19-7-9-20(26)10-8-19/h6-14H,15-16H2,1-5H3,(H,27,29). The zero-order valence-corrected chi connectivity index (χ0v) is 18.3. The second-order valence-corrected chi connectivity index (χ2v) is 8.67. The van der Waals surface area contributed by atoms with Crippen LogP contribution in [0.1, 0.15) is 53.8 Å². The largest absolute Gasteiger partial charge is 0.455 e. The van der Waals surface area contributed by atoms with Gasteiger partial charge in [-0.1, -0.05) is 18.2 Å². The van der Waals surface area contributed by atoms with Gasteiger partial charge in [0.1, 0.15) is 11.6 Å². The van der Waals surface area contributed by atoms with Gasteiger partial charge in [0.2, 0.25) is 0 Å². The molecule has 4 nitrogen and oxygen atoms in total. The van der Waals surface area contributed by atoms with E-state index in [-0.39, 0.29) is 23.0 Å². The Morgan fingerprint density at radius 2 is 1.67 bits per heavy atom. The first-order valence-corrected chi connectivity index (χ1v) is 10.1. The fraction of sp³-hybridized carbons (Fsp3) is 0.320. The van der Waals surface area contributed by atoms with Crippen molar-refractivity contribution in [2.24, 2.45) is 0 Å². The molecule has 0 aliphatic carbocycles. The molecule has 0 radical (unpaired) electrons. The van der Waals surface area contributed by atoms with E-state index in [0.717, 1.165) is 16.8 Å². The Kier molecular flexibility index (Phi) is 6.42. The summed E-state index contributed by atoms with van der Waals surface area (Å²) in [5.74, 6) is 0.466. The third-order valence-electron chi connectivity index (χ3n) is 5.23. The number of nitrogens with zero attached hydrogens (tertiary/aromatic N) is 1. The number of halogens is 1. The third-order valence-corrected chi connectivity index (χ3v) is 5.23. The summed E-state index contributed by atoms with van der Waals surface area (Å²) in [5, 5.41) is 2.89. The van der Waals surface area contributed by atoms with Gasteiger partial charge in [0.15, 0.2) is 5.76 Å². The van der Waals surface area contributed by atoms with Crippen LogP contribution in [0, 0.1) is 19.7 Å². The number of aryl methyl sites for hydroxylation is 2. The average molecular weight is 409 g/mol. The van der Waals surface area contributed by atoms with Gasteiger partial charge in [-0.3, -0.25) is 9.69 Å². The quantitative estimate of drug-likeness (QED) is 0.537. The van der Waals surface area contributed by atoms with E-state index in [1.807, 2.05) is 38.1 Å². The van der Waals surface area contributed by atoms with Gasteiger partial charge in [0, 0.05) is 17.8 Å². The molecule has 1 heterocycles. The van der Waals surface area contributed by atoms with E-state index >= 15 is 0 Å². The summed E-state index contributed by atoms with van der Waals surface area (Å²) in [6, 6.07) is 15.9. The summed E-state index contributed by atoms with van der Waals surface area (Å²) in [7, 11) is 0. The summed E-state index contributed by atoms with van der Waals surface area (Å²) in [5.41, 5.74) is 3.92. The highest BCUT2D eigenvalue weighted by atomic mass is 19.1. The maximum absolute atomic E-state index is 13.2. The third kappa shape index (κ3) is 5.57. The van der Waals surface area contributed by atoms with Gasteiger partial charge in [-0.25, -0.2) is 4.39 Å². The van der Waals surface area contributed by atoms with Crippen molar-refractivity contribution in [3.8, 4) is 0 Å². The van der Waals surface area contributed by atoms with Gasteiger partial charge in [0.25, 0.3) is 5.91 Å². The van der Waals surface area contributed by atoms with E-state index in [4.69, 9.17) is 4.42 Å². The minimum Gasteiger partial charge on any atom is -0.455 e. The molecule has 0 unspecified atom stereocenters. The van der Waals surface area contributed by atoms with Crippen molar-refractivity contribution in [1.82, 2.24) is 4.90 Å². The Hall–Kier alpha value is -2.92. The minimum atomic E-state index is -0.273. The first-order valence-electron chi connectivity index (χ1n) is 10.1. The van der Waals surface area contributed by atoms with E-state index in [1.165, 1.54) is 17.7 Å². The summed E-state index contributed by atoms with van der Waals surface area (Å²) in [6.07, 6.45) is 0. The Morgan fingerprint density at radius 1 is 0.967 bits per heavy atom. The zero-order valence-electron chi connectivity index (χ0n) is 18.3. The number of rotatable bonds is 6. The first kappa shape index (κ1) is 21.8. The Labute approximate surface area is 177 Å². The van der Waals surface area contributed by atoms with Gasteiger partial charge in [0.05, 0.1) is 6.54 Å². The second-order valence-electron chi connectivity index (χ2n) is 8.67. The molecule has 0 bridgehead atoms. The number of anilines is 1. The molecule has 5 heteroatoms. The molecular weight excluding hydrogens is 379 g/mol. The van der Waals surface area contributed by atoms with E-state index in [2.05, 4.69) is 31.0 Å². The highest BCUT2D eigenvalue weighted by molar-refractivity contribution is 6.02. The maximum Gasteiger partial charge on any atom is 0.291 e. The predicted molar refractivity (Wildman–Crippen MR) is 118 cm³/mol. The summed E-state index contributed by atoms with van der Waals surface area (Å²) < 4.78 is 19.1. The predicted octanol–water partition coefficient (Wildman–Crippen LogP) is 6.09. The fourth-order valence-electron chi connectivity index (χ4n) is 3.13. The van der Waals surface area contributed by atoms with Crippen molar-refractivity contribution in [1.29, 1.82) is 0 Å². The van der Waals surface area contributed by atoms with Gasteiger partial charge in [-0.15, -0.1) is 0 Å². The van der Waals surface area contributed by atoms with Crippen molar-refractivity contribution in [3.63, 3.8) is 0 Å². The topological polar surface area (TPSA) is 45.5 Å². The molecule has 3 rings (SSSR count). The van der Waals surface area contributed by atoms with Crippen LogP contribution in [0.4, 0.5) is 10.1 Å². The molecule has 0 spiro atoms. The maximum atomic E-state index is 13.2. The molecule has 3 aromatic rings. The van der Waals surface area contributed by atoms with Gasteiger partial charge in [-0.05, 0) is 87.7 Å². The van der Waals surface area contributed by atoms with Crippen molar-refractivity contribution >= 4 is 11.6 Å². The van der Waals surface area contributed by atoms with Gasteiger partial charge < -0.3 is 9.73 Å². The van der Waals surface area contributed by atoms with E-state index in [9.17, 15) is 9.18 Å². The van der Waals surface area contributed by atoms with Crippen LogP contribution in [0.2, 0.25) is 0 Å². The number of hydrogen-bond donors (Lipinski definition) is 1. The Balaban J connectivity index is 1.70. The van der Waals surface area contributed by atoms with Crippen LogP contribution >= 0.6 is 0 Å². The molecule has 30 heavy (non-hydrogen) atoms. The minimum absolute atomic E-state index is 0.136. The van der Waals surface area contributed by atoms with Crippen LogP contribution in [0.25, 0.3) is 0 Å². The second kappa shape index (κ2) is 8.84. The van der Waals surface area contributed by atoms with E-state index in [0.29, 0.717) is 18.8 Å². The lowest BCUT2D eigenvalue weighted by Crippen LogP contribution is -2.40. The molecule has 0 fully saturated rings. The molecule has 0 saturated carbocycles. The summed E-state index contributed by atoms with van der Waals surface area (Å²) in [4.78, 5) is 14.8. The highest BCUT2D eigenvalue weighted by Crippen LogP contribution is 2.23. The lowest BCUT2D eigenvalue weighted by atomic mass is 10.0. The number of hydrogen-bond acceptors (Lipinski definition) is 3. The smallest absolute Gasteiger partial charge is 0.291 e. The first-order chi connectivity index (χ1) is 14.1. The fourth-order valence-corrected chi connectivity index (χ4v) is 3.13. The Morgan fingerprint density at radius 3 is 2.30 bits per heavy atom. The monoisotopic (exact) mass is 408 g/mol. The van der Waals surface area contributed by atoms with Gasteiger partial charge >= 0.3 is 0 Å². The summed E-state index contributed by atoms with van der Waals surface area (Å²) >= 11 is 0. The molecule has 158 valence electrons. The van der Waals surface area contributed by atoms with E-state index < -0.39 is 0 Å². The average Bonchev–Trinajstić information content (AvgIpc) is 3.14. The van der Waals surface area contributed by atoms with Crippen molar-refractivity contribution in [2.75, 3.05) is 5.32 Å². The van der Waals surface area contributed by atoms with E-state index in [1.54, 1.807) is 18.2 Å². The number of amides is 1.